The minimum absolute atomic E-state index is 0.256. The average molecular weight is 289 g/mol. The van der Waals surface area contributed by atoms with E-state index in [-0.39, 0.29) is 6.79 Å². The van der Waals surface area contributed by atoms with Gasteiger partial charge in [-0.15, -0.1) is 0 Å². The minimum Gasteiger partial charge on any atom is -0.454 e. The fraction of sp³-hybridized carbons (Fsp3) is 0.438. The number of fused-ring (bicyclic) bond motifs is 1. The molecule has 0 bridgehead atoms. The Labute approximate surface area is 124 Å². The summed E-state index contributed by atoms with van der Waals surface area (Å²) in [6.07, 6.45) is 0.126. The molecular weight excluding hydrogens is 270 g/mol. The molecule has 1 heterocycles. The van der Waals surface area contributed by atoms with E-state index < -0.39 is 11.7 Å². The number of carbonyl (C=O) groups excluding carboxylic acids is 1. The van der Waals surface area contributed by atoms with Gasteiger partial charge in [0.05, 0.1) is 0 Å². The van der Waals surface area contributed by atoms with E-state index in [0.29, 0.717) is 18.7 Å². The lowest BCUT2D eigenvalue weighted by atomic mass is 10.2. The number of rotatable bonds is 2. The third kappa shape index (κ3) is 4.92. The van der Waals surface area contributed by atoms with Crippen LogP contribution in [0.3, 0.4) is 0 Å². The molecule has 0 saturated heterocycles. The van der Waals surface area contributed by atoms with E-state index in [0.717, 1.165) is 11.3 Å². The lowest BCUT2D eigenvalue weighted by molar-refractivity contribution is 0.0529. The van der Waals surface area contributed by atoms with Gasteiger partial charge < -0.3 is 19.5 Å². The van der Waals surface area contributed by atoms with Crippen molar-refractivity contribution in [1.82, 2.24) is 5.32 Å². The van der Waals surface area contributed by atoms with Crippen LogP contribution in [0.15, 0.2) is 18.2 Å². The van der Waals surface area contributed by atoms with Crippen LogP contribution in [0.5, 0.6) is 11.5 Å². The second-order valence-electron chi connectivity index (χ2n) is 5.55. The topological polar surface area (TPSA) is 56.8 Å². The summed E-state index contributed by atoms with van der Waals surface area (Å²) in [7, 11) is 0. The predicted octanol–water partition coefficient (Wildman–Crippen LogP) is 2.68. The monoisotopic (exact) mass is 289 g/mol. The van der Waals surface area contributed by atoms with Crippen molar-refractivity contribution in [1.29, 1.82) is 0 Å². The van der Waals surface area contributed by atoms with Crippen LogP contribution in [-0.4, -0.2) is 25.0 Å². The van der Waals surface area contributed by atoms with Crippen LogP contribution in [0, 0.1) is 11.8 Å². The van der Waals surface area contributed by atoms with Gasteiger partial charge in [0.2, 0.25) is 6.79 Å². The molecule has 0 atom stereocenters. The van der Waals surface area contributed by atoms with Gasteiger partial charge in [-0.3, -0.25) is 0 Å². The Morgan fingerprint density at radius 1 is 1.33 bits per heavy atom. The summed E-state index contributed by atoms with van der Waals surface area (Å²) < 4.78 is 15.6. The van der Waals surface area contributed by atoms with Crippen LogP contribution in [0.2, 0.25) is 0 Å². The highest BCUT2D eigenvalue weighted by atomic mass is 16.7. The van der Waals surface area contributed by atoms with E-state index in [1.807, 2.05) is 39.0 Å². The molecule has 5 nitrogen and oxygen atoms in total. The van der Waals surface area contributed by atoms with Crippen LogP contribution in [0.1, 0.15) is 32.8 Å². The van der Waals surface area contributed by atoms with Crippen LogP contribution >= 0.6 is 0 Å². The lowest BCUT2D eigenvalue weighted by Crippen LogP contribution is -2.32. The zero-order valence-corrected chi connectivity index (χ0v) is 12.5. The number of nitrogens with one attached hydrogen (secondary N) is 1. The molecule has 1 aromatic rings. The number of amides is 1. The van der Waals surface area contributed by atoms with E-state index >= 15 is 0 Å². The molecule has 0 spiro atoms. The molecule has 1 aromatic carbocycles. The van der Waals surface area contributed by atoms with Crippen molar-refractivity contribution < 1.29 is 19.0 Å². The first kappa shape index (κ1) is 15.0. The lowest BCUT2D eigenvalue weighted by Gasteiger charge is -2.19. The Balaban J connectivity index is 1.76. The van der Waals surface area contributed by atoms with Crippen molar-refractivity contribution in [2.45, 2.75) is 32.8 Å². The summed E-state index contributed by atoms with van der Waals surface area (Å²) in [6, 6.07) is 5.56. The first-order chi connectivity index (χ1) is 9.94. The fourth-order valence-electron chi connectivity index (χ4n) is 1.68. The molecule has 1 amide bonds. The van der Waals surface area contributed by atoms with Crippen molar-refractivity contribution in [3.05, 3.63) is 23.8 Å². The minimum atomic E-state index is -0.484. The summed E-state index contributed by atoms with van der Waals surface area (Å²) in [5.74, 6) is 7.47. The van der Waals surface area contributed by atoms with Gasteiger partial charge in [-0.1, -0.05) is 11.8 Å². The molecule has 0 aliphatic carbocycles. The van der Waals surface area contributed by atoms with Crippen LogP contribution in [0.4, 0.5) is 4.79 Å². The summed E-state index contributed by atoms with van der Waals surface area (Å²) in [6.45, 7) is 6.18. The van der Waals surface area contributed by atoms with E-state index in [2.05, 4.69) is 17.2 Å². The number of hydrogen-bond acceptors (Lipinski definition) is 4. The van der Waals surface area contributed by atoms with Gasteiger partial charge in [0, 0.05) is 18.5 Å². The average Bonchev–Trinajstić information content (AvgIpc) is 2.83. The molecule has 1 aliphatic rings. The van der Waals surface area contributed by atoms with E-state index in [4.69, 9.17) is 14.2 Å². The van der Waals surface area contributed by atoms with Gasteiger partial charge in [-0.25, -0.2) is 4.79 Å². The molecule has 0 fully saturated rings. The summed E-state index contributed by atoms with van der Waals surface area (Å²) in [5, 5.41) is 2.66. The zero-order chi connectivity index (χ0) is 15.3. The highest BCUT2D eigenvalue weighted by molar-refractivity contribution is 5.67. The van der Waals surface area contributed by atoms with Crippen LogP contribution < -0.4 is 14.8 Å². The molecular formula is C16H19NO4. The molecule has 5 heteroatoms. The molecule has 0 radical (unpaired) electrons. The Morgan fingerprint density at radius 3 is 2.86 bits per heavy atom. The second-order valence-corrected chi connectivity index (χ2v) is 5.55. The van der Waals surface area contributed by atoms with Crippen molar-refractivity contribution in [2.24, 2.45) is 0 Å². The van der Waals surface area contributed by atoms with Gasteiger partial charge in [0.25, 0.3) is 0 Å². The summed E-state index contributed by atoms with van der Waals surface area (Å²) in [4.78, 5) is 11.4. The van der Waals surface area contributed by atoms with Crippen LogP contribution in [0.25, 0.3) is 0 Å². The predicted molar refractivity (Wildman–Crippen MR) is 78.3 cm³/mol. The smallest absolute Gasteiger partial charge is 0.407 e. The quantitative estimate of drug-likeness (QED) is 0.672. The molecule has 0 aromatic heterocycles. The highest BCUT2D eigenvalue weighted by Crippen LogP contribution is 2.32. The van der Waals surface area contributed by atoms with Gasteiger partial charge >= 0.3 is 6.09 Å². The Morgan fingerprint density at radius 2 is 2.10 bits per heavy atom. The van der Waals surface area contributed by atoms with Crippen molar-refractivity contribution in [2.75, 3.05) is 13.3 Å². The number of carbonyl (C=O) groups is 1. The maximum Gasteiger partial charge on any atom is 0.407 e. The molecule has 0 saturated carbocycles. The number of ether oxygens (including phenoxy) is 3. The zero-order valence-electron chi connectivity index (χ0n) is 12.5. The van der Waals surface area contributed by atoms with Gasteiger partial charge in [0.1, 0.15) is 5.60 Å². The fourth-order valence-corrected chi connectivity index (χ4v) is 1.68. The highest BCUT2D eigenvalue weighted by Gasteiger charge is 2.15. The number of alkyl carbamates (subject to hydrolysis) is 1. The summed E-state index contributed by atoms with van der Waals surface area (Å²) >= 11 is 0. The normalized spacial score (nSPS) is 12.3. The number of benzene rings is 1. The molecule has 1 N–H and O–H groups in total. The Bertz CT molecular complexity index is 578. The Hall–Kier alpha value is -2.35. The first-order valence-electron chi connectivity index (χ1n) is 6.79. The standard InChI is InChI=1S/C16H19NO4/c1-16(2,3)21-15(18)17-9-5-4-6-12-7-8-13-14(10-12)20-11-19-13/h7-8,10H,5,9,11H2,1-3H3,(H,17,18). The SMILES string of the molecule is CC(C)(C)OC(=O)NCCC#Cc1ccc2c(c1)OCO2. The van der Waals surface area contributed by atoms with Crippen LogP contribution in [-0.2, 0) is 4.74 Å². The maximum absolute atomic E-state index is 11.4. The molecule has 21 heavy (non-hydrogen) atoms. The van der Waals surface area contributed by atoms with Crippen molar-refractivity contribution >= 4 is 6.09 Å². The van der Waals surface area contributed by atoms with Crippen molar-refractivity contribution in [3.8, 4) is 23.3 Å². The second kappa shape index (κ2) is 6.40. The summed E-state index contributed by atoms with van der Waals surface area (Å²) in [5.41, 5.74) is 0.374. The van der Waals surface area contributed by atoms with Gasteiger partial charge in [0.15, 0.2) is 11.5 Å². The maximum atomic E-state index is 11.4. The Kier molecular flexibility index (Phi) is 4.59. The molecule has 0 unspecified atom stereocenters. The third-order valence-corrected chi connectivity index (χ3v) is 2.52. The molecule has 1 aliphatic heterocycles. The third-order valence-electron chi connectivity index (χ3n) is 2.52. The largest absolute Gasteiger partial charge is 0.454 e. The van der Waals surface area contributed by atoms with Gasteiger partial charge in [-0.05, 0) is 39.0 Å². The molecule has 112 valence electrons. The molecule has 2 rings (SSSR count). The van der Waals surface area contributed by atoms with E-state index in [1.165, 1.54) is 0 Å². The van der Waals surface area contributed by atoms with E-state index in [9.17, 15) is 4.79 Å². The van der Waals surface area contributed by atoms with E-state index in [1.54, 1.807) is 0 Å². The number of hydrogen-bond donors (Lipinski definition) is 1. The van der Waals surface area contributed by atoms with Gasteiger partial charge in [-0.2, -0.15) is 0 Å². The van der Waals surface area contributed by atoms with Crippen molar-refractivity contribution in [3.63, 3.8) is 0 Å². The first-order valence-corrected chi connectivity index (χ1v) is 6.79.